The van der Waals surface area contributed by atoms with E-state index in [2.05, 4.69) is 36.0 Å². The molecule has 2 rings (SSSR count). The van der Waals surface area contributed by atoms with E-state index in [4.69, 9.17) is 0 Å². The zero-order valence-corrected chi connectivity index (χ0v) is 19.2. The summed E-state index contributed by atoms with van der Waals surface area (Å²) in [5, 5.41) is 6.45. The van der Waals surface area contributed by atoms with Gasteiger partial charge in [-0.2, -0.15) is 0 Å². The van der Waals surface area contributed by atoms with Gasteiger partial charge in [-0.1, -0.05) is 12.1 Å². The lowest BCUT2D eigenvalue weighted by atomic mass is 10.3. The molecule has 27 heavy (non-hydrogen) atoms. The van der Waals surface area contributed by atoms with E-state index in [1.807, 2.05) is 25.1 Å². The number of hydrogen-bond donors (Lipinski definition) is 3. The van der Waals surface area contributed by atoms with E-state index >= 15 is 0 Å². The van der Waals surface area contributed by atoms with Gasteiger partial charge in [0.25, 0.3) is 0 Å². The number of benzene rings is 1. The van der Waals surface area contributed by atoms with Crippen molar-refractivity contribution >= 4 is 51.0 Å². The topological polar surface area (TPSA) is 100 Å². The van der Waals surface area contributed by atoms with Crippen molar-refractivity contribution in [3.63, 3.8) is 0 Å². The van der Waals surface area contributed by atoms with Gasteiger partial charge in [-0.15, -0.1) is 24.0 Å². The zero-order valence-electron chi connectivity index (χ0n) is 16.0. The largest absolute Gasteiger partial charge is 0.356 e. The van der Waals surface area contributed by atoms with Crippen LogP contribution < -0.4 is 15.4 Å². The molecule has 1 aromatic heterocycles. The predicted molar refractivity (Wildman–Crippen MR) is 121 cm³/mol. The summed E-state index contributed by atoms with van der Waals surface area (Å²) in [6, 6.07) is 8.15. The maximum atomic E-state index is 11.0. The number of guanidine groups is 1. The molecule has 0 aliphatic heterocycles. The number of para-hydroxylation sites is 2. The highest BCUT2D eigenvalue weighted by atomic mass is 127. The van der Waals surface area contributed by atoms with E-state index in [9.17, 15) is 8.42 Å². The highest BCUT2D eigenvalue weighted by Crippen LogP contribution is 2.15. The van der Waals surface area contributed by atoms with E-state index in [0.29, 0.717) is 19.5 Å². The fourth-order valence-corrected chi connectivity index (χ4v) is 3.21. The van der Waals surface area contributed by atoms with Crippen LogP contribution in [0.25, 0.3) is 11.0 Å². The third-order valence-electron chi connectivity index (χ3n) is 3.93. The van der Waals surface area contributed by atoms with E-state index in [-0.39, 0.29) is 24.0 Å². The Balaban J connectivity index is 0.00000364. The third kappa shape index (κ3) is 8.01. The number of nitrogens with one attached hydrogen (secondary N) is 3. The van der Waals surface area contributed by atoms with Crippen molar-refractivity contribution in [1.82, 2.24) is 24.9 Å². The van der Waals surface area contributed by atoms with Crippen LogP contribution in [0.2, 0.25) is 0 Å². The third-order valence-corrected chi connectivity index (χ3v) is 4.66. The van der Waals surface area contributed by atoms with Crippen molar-refractivity contribution in [3.05, 3.63) is 30.1 Å². The van der Waals surface area contributed by atoms with Gasteiger partial charge in [0.15, 0.2) is 5.96 Å². The van der Waals surface area contributed by atoms with Gasteiger partial charge in [0.05, 0.1) is 17.3 Å². The average molecular weight is 508 g/mol. The molecule has 0 aliphatic rings. The second kappa shape index (κ2) is 11.4. The maximum absolute atomic E-state index is 11.0. The zero-order chi connectivity index (χ0) is 19.0. The number of hydrogen-bond acceptors (Lipinski definition) is 4. The molecular formula is C17H29IN6O2S. The van der Waals surface area contributed by atoms with Crippen LogP contribution in [-0.4, -0.2) is 56.9 Å². The predicted octanol–water partition coefficient (Wildman–Crippen LogP) is 1.46. The first kappa shape index (κ1) is 23.6. The average Bonchev–Trinajstić information content (AvgIpc) is 2.91. The van der Waals surface area contributed by atoms with Crippen LogP contribution in [0.1, 0.15) is 18.7 Å². The molecule has 0 unspecified atom stereocenters. The minimum absolute atomic E-state index is 0. The summed E-state index contributed by atoms with van der Waals surface area (Å²) < 4.78 is 26.7. The monoisotopic (exact) mass is 508 g/mol. The van der Waals surface area contributed by atoms with Crippen molar-refractivity contribution in [1.29, 1.82) is 0 Å². The van der Waals surface area contributed by atoms with E-state index in [1.54, 1.807) is 7.05 Å². The highest BCUT2D eigenvalue weighted by molar-refractivity contribution is 14.0. The quantitative estimate of drug-likeness (QED) is 0.206. The van der Waals surface area contributed by atoms with Crippen molar-refractivity contribution in [2.45, 2.75) is 26.3 Å². The Morgan fingerprint density at radius 1 is 1.15 bits per heavy atom. The van der Waals surface area contributed by atoms with Crippen LogP contribution in [0.15, 0.2) is 29.3 Å². The molecule has 0 atom stereocenters. The Labute approximate surface area is 178 Å². The molecule has 10 heteroatoms. The number of imidazole rings is 1. The Kier molecular flexibility index (Phi) is 10.0. The Morgan fingerprint density at radius 3 is 2.48 bits per heavy atom. The summed E-state index contributed by atoms with van der Waals surface area (Å²) in [4.78, 5) is 8.75. The summed E-state index contributed by atoms with van der Waals surface area (Å²) in [5.74, 6) is 1.74. The molecular weight excluding hydrogens is 479 g/mol. The van der Waals surface area contributed by atoms with Gasteiger partial charge in [0.1, 0.15) is 5.82 Å². The van der Waals surface area contributed by atoms with Crippen LogP contribution >= 0.6 is 24.0 Å². The molecule has 152 valence electrons. The standard InChI is InChI=1S/C17H28N6O2S.HI/c1-14-22-15-8-4-5-9-16(15)23(14)13-7-11-20-17(18-2)19-10-6-12-21-26(3,24)25;/h4-5,8-9,21H,6-7,10-13H2,1-3H3,(H2,18,19,20);1H. The minimum Gasteiger partial charge on any atom is -0.356 e. The number of fused-ring (bicyclic) bond motifs is 1. The summed E-state index contributed by atoms with van der Waals surface area (Å²) in [7, 11) is -1.40. The fraction of sp³-hybridized carbons (Fsp3) is 0.529. The molecule has 0 spiro atoms. The van der Waals surface area contributed by atoms with E-state index in [1.165, 1.54) is 0 Å². The van der Waals surface area contributed by atoms with Crippen LogP contribution in [0.5, 0.6) is 0 Å². The number of halogens is 1. The molecule has 0 saturated carbocycles. The van der Waals surface area contributed by atoms with Gasteiger partial charge in [-0.3, -0.25) is 4.99 Å². The number of rotatable bonds is 9. The molecule has 0 fully saturated rings. The fourth-order valence-electron chi connectivity index (χ4n) is 2.70. The smallest absolute Gasteiger partial charge is 0.208 e. The van der Waals surface area contributed by atoms with Gasteiger partial charge in [-0.25, -0.2) is 18.1 Å². The SMILES string of the molecule is CN=C(NCCCNS(C)(=O)=O)NCCCn1c(C)nc2ccccc21.I. The van der Waals surface area contributed by atoms with E-state index in [0.717, 1.165) is 48.6 Å². The Bertz CT molecular complexity index is 850. The Hall–Kier alpha value is -1.40. The molecule has 0 amide bonds. The first-order chi connectivity index (χ1) is 12.4. The number of sulfonamides is 1. The summed E-state index contributed by atoms with van der Waals surface area (Å²) in [6.45, 7) is 4.75. The van der Waals surface area contributed by atoms with Gasteiger partial charge in [-0.05, 0) is 31.9 Å². The van der Waals surface area contributed by atoms with Gasteiger partial charge in [0, 0.05) is 33.2 Å². The van der Waals surface area contributed by atoms with Crippen LogP contribution in [0.3, 0.4) is 0 Å². The second-order valence-electron chi connectivity index (χ2n) is 6.10. The van der Waals surface area contributed by atoms with Crippen LogP contribution in [-0.2, 0) is 16.6 Å². The molecule has 3 N–H and O–H groups in total. The first-order valence-corrected chi connectivity index (χ1v) is 10.6. The van der Waals surface area contributed by atoms with Gasteiger partial charge >= 0.3 is 0 Å². The molecule has 8 nitrogen and oxygen atoms in total. The number of aliphatic imine (C=N–C) groups is 1. The van der Waals surface area contributed by atoms with Crippen LogP contribution in [0.4, 0.5) is 0 Å². The maximum Gasteiger partial charge on any atom is 0.208 e. The van der Waals surface area contributed by atoms with Crippen molar-refractivity contribution in [2.75, 3.05) is 32.9 Å². The Morgan fingerprint density at radius 2 is 1.81 bits per heavy atom. The van der Waals surface area contributed by atoms with Crippen molar-refractivity contribution in [2.24, 2.45) is 4.99 Å². The molecule has 0 aliphatic carbocycles. The molecule has 1 heterocycles. The highest BCUT2D eigenvalue weighted by Gasteiger charge is 2.06. The summed E-state index contributed by atoms with van der Waals surface area (Å²) in [5.41, 5.74) is 2.18. The molecule has 0 radical (unpaired) electrons. The minimum atomic E-state index is -3.12. The summed E-state index contributed by atoms with van der Waals surface area (Å²) >= 11 is 0. The summed E-state index contributed by atoms with van der Waals surface area (Å²) in [6.07, 6.45) is 2.79. The normalized spacial score (nSPS) is 12.0. The van der Waals surface area contributed by atoms with Crippen molar-refractivity contribution in [3.8, 4) is 0 Å². The van der Waals surface area contributed by atoms with E-state index < -0.39 is 10.0 Å². The van der Waals surface area contributed by atoms with Crippen LogP contribution in [0, 0.1) is 6.92 Å². The van der Waals surface area contributed by atoms with Crippen molar-refractivity contribution < 1.29 is 8.42 Å². The second-order valence-corrected chi connectivity index (χ2v) is 7.93. The van der Waals surface area contributed by atoms with Gasteiger partial charge < -0.3 is 15.2 Å². The number of aryl methyl sites for hydroxylation is 2. The number of nitrogens with zero attached hydrogens (tertiary/aromatic N) is 3. The lowest BCUT2D eigenvalue weighted by Gasteiger charge is -2.12. The molecule has 2 aromatic rings. The number of aromatic nitrogens is 2. The molecule has 1 aromatic carbocycles. The van der Waals surface area contributed by atoms with Gasteiger partial charge in [0.2, 0.25) is 10.0 Å². The lowest BCUT2D eigenvalue weighted by molar-refractivity contribution is 0.584. The molecule has 0 bridgehead atoms. The first-order valence-electron chi connectivity index (χ1n) is 8.72. The molecule has 0 saturated heterocycles. The lowest BCUT2D eigenvalue weighted by Crippen LogP contribution is -2.39.